The molecule has 2 saturated heterocycles. The highest BCUT2D eigenvalue weighted by Gasteiger charge is 2.68. The number of fused-ring (bicyclic) bond motifs is 5. The van der Waals surface area contributed by atoms with Crippen LogP contribution in [0.15, 0.2) is 47.5 Å². The van der Waals surface area contributed by atoms with E-state index in [2.05, 4.69) is 27.5 Å². The van der Waals surface area contributed by atoms with Gasteiger partial charge in [-0.2, -0.15) is 0 Å². The summed E-state index contributed by atoms with van der Waals surface area (Å²) in [5.41, 5.74) is 17.3. The van der Waals surface area contributed by atoms with Gasteiger partial charge < -0.3 is 87.3 Å². The number of hydrogen-bond donors (Lipinski definition) is 12. The van der Waals surface area contributed by atoms with E-state index in [1.807, 2.05) is 32.3 Å². The maximum absolute atomic E-state index is 16.3. The first-order chi connectivity index (χ1) is 44.0. The van der Waals surface area contributed by atoms with Crippen LogP contribution in [0.2, 0.25) is 0 Å². The lowest BCUT2D eigenvalue weighted by atomic mass is 9.40. The number of phenols is 1. The van der Waals surface area contributed by atoms with Gasteiger partial charge in [0.25, 0.3) is 0 Å². The number of benzene rings is 4. The van der Waals surface area contributed by atoms with Crippen LogP contribution in [0.3, 0.4) is 0 Å². The molecule has 92 heavy (non-hydrogen) atoms. The van der Waals surface area contributed by atoms with E-state index in [-0.39, 0.29) is 129 Å². The molecule has 2 aliphatic heterocycles. The van der Waals surface area contributed by atoms with E-state index < -0.39 is 109 Å². The summed E-state index contributed by atoms with van der Waals surface area (Å²) in [6, 6.07) is 11.5. The van der Waals surface area contributed by atoms with Crippen molar-refractivity contribution in [2.45, 2.75) is 164 Å². The summed E-state index contributed by atoms with van der Waals surface area (Å²) < 4.78 is 31.9. The Bertz CT molecular complexity index is 3720. The second-order valence-electron chi connectivity index (χ2n) is 26.9. The van der Waals surface area contributed by atoms with Crippen LogP contribution in [0.5, 0.6) is 17.2 Å². The van der Waals surface area contributed by atoms with Crippen LogP contribution in [0.1, 0.15) is 170 Å². The molecule has 8 aliphatic rings. The number of phenolic OH excluding ortho intramolecular Hbond substituents is 1. The van der Waals surface area contributed by atoms with Crippen molar-refractivity contribution in [3.05, 3.63) is 120 Å². The number of aliphatic hydroxyl groups is 6. The van der Waals surface area contributed by atoms with Gasteiger partial charge in [0, 0.05) is 65.3 Å². The molecule has 5 fully saturated rings. The van der Waals surface area contributed by atoms with Gasteiger partial charge in [0.05, 0.1) is 61.4 Å². The van der Waals surface area contributed by atoms with Crippen LogP contribution in [0.4, 0.5) is 0 Å². The number of aldehydes is 1. The van der Waals surface area contributed by atoms with Gasteiger partial charge in [-0.05, 0) is 172 Å². The molecule has 490 valence electrons. The van der Waals surface area contributed by atoms with E-state index in [0.717, 1.165) is 62.9 Å². The lowest BCUT2D eigenvalue weighted by molar-refractivity contribution is -0.378. The van der Waals surface area contributed by atoms with Gasteiger partial charge in [-0.25, -0.2) is 0 Å². The molecule has 22 heteroatoms. The van der Waals surface area contributed by atoms with Crippen molar-refractivity contribution in [1.29, 1.82) is 0 Å². The van der Waals surface area contributed by atoms with Crippen molar-refractivity contribution in [2.24, 2.45) is 51.3 Å². The quantitative estimate of drug-likeness (QED) is 0.0105. The topological polar surface area (TPSA) is 371 Å². The molecule has 15 unspecified atom stereocenters. The number of aliphatic hydroxyl groups excluding tert-OH is 3. The number of aromatic hydroxyl groups is 1. The Labute approximate surface area is 533 Å². The van der Waals surface area contributed by atoms with Gasteiger partial charge in [0.2, 0.25) is 12.1 Å². The van der Waals surface area contributed by atoms with Crippen LogP contribution in [0, 0.1) is 40.9 Å². The van der Waals surface area contributed by atoms with E-state index in [1.54, 1.807) is 24.3 Å². The maximum atomic E-state index is 16.3. The number of carbonyl (C=O) groups excluding carboxylic acids is 4. The smallest absolute Gasteiger partial charge is 0.308 e. The Hall–Kier alpha value is -6.95. The number of nitrogens with one attached hydrogen (secondary N) is 2. The lowest BCUT2D eigenvalue weighted by Gasteiger charge is -2.65. The SMILES string of the molecule is CNCC1CC2CC34CC(CCC5C3c3ccc(Cc6c(O)c7c8c(c6OC6OC(C)C(O)C(O)(O)C6OCCN=C(N)N)CC#CC(N)CCC(O)Cc6cccc(c6)C=Cc6c(OC(C)=O)cc(CO)c(c6C8=O)C7=O)c(C=O)c3C(O)(C1)C25)OC(CNC)C4. The van der Waals surface area contributed by atoms with E-state index in [9.17, 15) is 45.3 Å². The molecule has 2 heterocycles. The third-order valence-electron chi connectivity index (χ3n) is 20.9. The Morgan fingerprint density at radius 3 is 2.43 bits per heavy atom. The number of ether oxygens (including phenoxy) is 5. The van der Waals surface area contributed by atoms with Crippen molar-refractivity contribution < 1.29 is 78.6 Å². The highest BCUT2D eigenvalue weighted by atomic mass is 16.7. The second-order valence-corrected chi connectivity index (χ2v) is 26.9. The van der Waals surface area contributed by atoms with Crippen LogP contribution in [0.25, 0.3) is 12.2 Å². The average Bonchev–Trinajstić information content (AvgIpc) is 1.05. The molecule has 0 amide bonds. The van der Waals surface area contributed by atoms with Crippen molar-refractivity contribution >= 4 is 41.9 Å². The van der Waals surface area contributed by atoms with Gasteiger partial charge in [-0.15, -0.1) is 0 Å². The monoisotopic (exact) mass is 1260 g/mol. The summed E-state index contributed by atoms with van der Waals surface area (Å²) >= 11 is 0. The number of likely N-dealkylation sites (N-methyl/N-ethyl adjacent to an activating group) is 1. The van der Waals surface area contributed by atoms with Crippen LogP contribution in [-0.2, 0) is 50.5 Å². The number of ketones is 2. The molecule has 6 aliphatic carbocycles. The maximum Gasteiger partial charge on any atom is 0.308 e. The number of hydrogen-bond acceptors (Lipinski definition) is 20. The predicted octanol–water partition coefficient (Wildman–Crippen LogP) is 3.27. The Balaban J connectivity index is 1.12. The second kappa shape index (κ2) is 25.7. The van der Waals surface area contributed by atoms with Gasteiger partial charge in [0.1, 0.15) is 23.4 Å². The largest absolute Gasteiger partial charge is 0.507 e. The fourth-order valence-electron chi connectivity index (χ4n) is 17.7. The van der Waals surface area contributed by atoms with E-state index in [0.29, 0.717) is 36.2 Å². The molecule has 4 aromatic rings. The molecule has 15 atom stereocenters. The minimum absolute atomic E-state index is 0.0153. The number of guanidine groups is 1. The van der Waals surface area contributed by atoms with E-state index in [4.69, 9.17) is 40.9 Å². The van der Waals surface area contributed by atoms with Gasteiger partial charge in [-0.3, -0.25) is 24.2 Å². The zero-order valence-electron chi connectivity index (χ0n) is 52.3. The standard InChI is InChI=1S/C70H84N6O16/c1-34-64(84)70(86,87)65(88-20-19-76-67(72)73)66(89-34)92-63-47-10-6-9-42(71)13-14-43(80)23-37-8-5-7-36(21-37)11-16-46-52(90-35(2)79)25-41(32-77)53-54(46)62(83)55(47)56(61(53)82)60(81)50(63)24-39-12-17-49-58-48-18-15-44-28-68(58,29-45(91-44)31-75-4)27-40-22-38(30-74-3)26-69(85,57(40)48)59(49)51(39)33-78/h5,7-8,11-12,16-17,21,25,33-34,38,40,42-45,48,57-58,64-66,74-75,77,80-81,84-87H,10,13-15,18-20,22-24,26-32,71H2,1-4H3,(H4,72,73,76). The van der Waals surface area contributed by atoms with E-state index >= 15 is 9.59 Å². The fourth-order valence-corrected chi connectivity index (χ4v) is 17.7. The number of nitrogens with two attached hydrogens (primary N) is 3. The summed E-state index contributed by atoms with van der Waals surface area (Å²) in [4.78, 5) is 63.8. The van der Waals surface area contributed by atoms with Gasteiger partial charge in [-0.1, -0.05) is 54.3 Å². The lowest BCUT2D eigenvalue weighted by Crippen LogP contribution is -2.67. The summed E-state index contributed by atoms with van der Waals surface area (Å²) in [7, 11) is 3.82. The minimum Gasteiger partial charge on any atom is -0.507 e. The highest BCUT2D eigenvalue weighted by molar-refractivity contribution is 6.32. The molecule has 22 nitrogen and oxygen atoms in total. The first-order valence-corrected chi connectivity index (χ1v) is 32.1. The molecule has 0 radical (unpaired) electrons. The molecule has 9 bridgehead atoms. The Kier molecular flexibility index (Phi) is 18.2. The van der Waals surface area contributed by atoms with Crippen LogP contribution >= 0.6 is 0 Å². The number of rotatable bonds is 15. The van der Waals surface area contributed by atoms with Crippen molar-refractivity contribution in [3.63, 3.8) is 0 Å². The Morgan fingerprint density at radius 1 is 0.913 bits per heavy atom. The normalized spacial score (nSPS) is 31.5. The van der Waals surface area contributed by atoms with Gasteiger partial charge >= 0.3 is 5.97 Å². The molecule has 12 rings (SSSR count). The summed E-state index contributed by atoms with van der Waals surface area (Å²) in [5.74, 6) is -1.34. The van der Waals surface area contributed by atoms with Crippen molar-refractivity contribution in [3.8, 4) is 29.1 Å². The van der Waals surface area contributed by atoms with Crippen molar-refractivity contribution in [2.75, 3.05) is 40.3 Å². The number of esters is 1. The number of nitrogens with zero attached hydrogens (tertiary/aromatic N) is 1. The summed E-state index contributed by atoms with van der Waals surface area (Å²) in [6.45, 7) is 2.36. The van der Waals surface area contributed by atoms with Gasteiger partial charge in [0.15, 0.2) is 29.9 Å². The molecule has 0 aromatic heterocycles. The van der Waals surface area contributed by atoms with Crippen LogP contribution in [-0.4, -0.2) is 161 Å². The predicted molar refractivity (Wildman–Crippen MR) is 337 cm³/mol. The highest BCUT2D eigenvalue weighted by Crippen LogP contribution is 2.73. The average molecular weight is 1270 g/mol. The van der Waals surface area contributed by atoms with Crippen molar-refractivity contribution in [1.82, 2.24) is 10.6 Å². The first kappa shape index (κ1) is 65.1. The first-order valence-electron chi connectivity index (χ1n) is 32.1. The molecule has 1 spiro atoms. The molecule has 3 saturated carbocycles. The molecular weight excluding hydrogens is 1180 g/mol. The molecule has 4 aromatic carbocycles. The summed E-state index contributed by atoms with van der Waals surface area (Å²) in [6.07, 6.45) is 0.859. The number of aliphatic imine (C=N–C) groups is 1. The summed E-state index contributed by atoms with van der Waals surface area (Å²) in [5, 5.41) is 91.9. The zero-order valence-corrected chi connectivity index (χ0v) is 52.3. The third-order valence-corrected chi connectivity index (χ3v) is 20.9. The fraction of sp³-hybridized carbons (Fsp3) is 0.529. The molecule has 15 N–H and O–H groups in total. The van der Waals surface area contributed by atoms with Crippen LogP contribution < -0.4 is 37.3 Å². The zero-order chi connectivity index (χ0) is 65.3. The Morgan fingerprint density at radius 2 is 1.70 bits per heavy atom. The van der Waals surface area contributed by atoms with E-state index in [1.165, 1.54) is 19.1 Å². The third kappa shape index (κ3) is 11.5. The number of carbonyl (C=O) groups is 4. The minimum atomic E-state index is -3.14. The molecular formula is C70H84N6O16.